The molecule has 0 saturated carbocycles. The highest BCUT2D eigenvalue weighted by atomic mass is 32.2. The number of amides is 1. The zero-order valence-electron chi connectivity index (χ0n) is 15.1. The van der Waals surface area contributed by atoms with Gasteiger partial charge in [0.05, 0.1) is 6.54 Å². The number of carbonyl (C=O) groups is 1. The fraction of sp³-hybridized carbons (Fsp3) is 0.875. The molecule has 134 valence electrons. The van der Waals surface area contributed by atoms with Crippen LogP contribution in [0, 0.1) is 0 Å². The third kappa shape index (κ3) is 8.46. The van der Waals surface area contributed by atoms with Gasteiger partial charge in [0.1, 0.15) is 0 Å². The largest absolute Gasteiger partial charge is 0.357 e. The van der Waals surface area contributed by atoms with E-state index in [1.807, 2.05) is 25.9 Å². The van der Waals surface area contributed by atoms with Gasteiger partial charge in [-0.1, -0.05) is 0 Å². The quantitative estimate of drug-likeness (QED) is 0.389. The first-order valence-electron chi connectivity index (χ1n) is 8.53. The van der Waals surface area contributed by atoms with Crippen molar-refractivity contribution in [2.24, 2.45) is 4.99 Å². The van der Waals surface area contributed by atoms with Gasteiger partial charge in [0.2, 0.25) is 5.91 Å². The Kier molecular flexibility index (Phi) is 10.1. The Morgan fingerprint density at radius 2 is 2.04 bits per heavy atom. The number of thioether (sulfide) groups is 1. The highest BCUT2D eigenvalue weighted by Crippen LogP contribution is 2.10. The van der Waals surface area contributed by atoms with Crippen molar-refractivity contribution in [3.05, 3.63) is 0 Å². The molecule has 0 atom stereocenters. The van der Waals surface area contributed by atoms with Crippen molar-refractivity contribution < 1.29 is 4.79 Å². The maximum absolute atomic E-state index is 11.8. The van der Waals surface area contributed by atoms with Crippen LogP contribution in [0.3, 0.4) is 0 Å². The lowest BCUT2D eigenvalue weighted by molar-refractivity contribution is -0.130. The normalized spacial score (nSPS) is 17.1. The summed E-state index contributed by atoms with van der Waals surface area (Å²) < 4.78 is 0. The van der Waals surface area contributed by atoms with Crippen molar-refractivity contribution in [3.8, 4) is 0 Å². The van der Waals surface area contributed by atoms with Crippen molar-refractivity contribution in [2.75, 3.05) is 58.8 Å². The highest BCUT2D eigenvalue weighted by Gasteiger charge is 2.21. The Morgan fingerprint density at radius 3 is 2.61 bits per heavy atom. The molecule has 1 saturated heterocycles. The van der Waals surface area contributed by atoms with E-state index in [1.165, 1.54) is 0 Å². The summed E-state index contributed by atoms with van der Waals surface area (Å²) in [5.41, 5.74) is 0. The number of nitrogens with one attached hydrogen (secondary N) is 2. The summed E-state index contributed by atoms with van der Waals surface area (Å²) in [7, 11) is 3.62. The van der Waals surface area contributed by atoms with Crippen LogP contribution in [0.5, 0.6) is 0 Å². The van der Waals surface area contributed by atoms with E-state index in [1.54, 1.807) is 4.90 Å². The summed E-state index contributed by atoms with van der Waals surface area (Å²) in [6, 6.07) is 0.444. The smallest absolute Gasteiger partial charge is 0.236 e. The summed E-state index contributed by atoms with van der Waals surface area (Å²) in [6.07, 6.45) is 5.34. The second kappa shape index (κ2) is 11.6. The number of hydrogen-bond acceptors (Lipinski definition) is 4. The number of likely N-dealkylation sites (tertiary alicyclic amines) is 1. The second-order valence-corrected chi connectivity index (χ2v) is 7.08. The van der Waals surface area contributed by atoms with Gasteiger partial charge in [-0.3, -0.25) is 14.7 Å². The number of nitrogens with zero attached hydrogens (tertiary/aromatic N) is 3. The molecule has 0 aliphatic carbocycles. The Labute approximate surface area is 145 Å². The lowest BCUT2D eigenvalue weighted by Gasteiger charge is -2.33. The predicted molar refractivity (Wildman–Crippen MR) is 100 cm³/mol. The molecule has 1 amide bonds. The van der Waals surface area contributed by atoms with Crippen LogP contribution < -0.4 is 10.6 Å². The first kappa shape index (κ1) is 20.1. The van der Waals surface area contributed by atoms with E-state index >= 15 is 0 Å². The van der Waals surface area contributed by atoms with Crippen LogP contribution in [0.25, 0.3) is 0 Å². The summed E-state index contributed by atoms with van der Waals surface area (Å²) in [4.78, 5) is 20.3. The Bertz CT molecular complexity index is 367. The van der Waals surface area contributed by atoms with E-state index in [-0.39, 0.29) is 5.91 Å². The van der Waals surface area contributed by atoms with Gasteiger partial charge in [0, 0.05) is 46.3 Å². The van der Waals surface area contributed by atoms with Crippen molar-refractivity contribution in [3.63, 3.8) is 0 Å². The number of hydrogen-bond donors (Lipinski definition) is 2. The molecule has 0 aromatic heterocycles. The van der Waals surface area contributed by atoms with Gasteiger partial charge in [-0.25, -0.2) is 0 Å². The predicted octanol–water partition coefficient (Wildman–Crippen LogP) is 0.847. The first-order valence-corrected chi connectivity index (χ1v) is 9.92. The molecular weight excluding hydrogens is 310 g/mol. The summed E-state index contributed by atoms with van der Waals surface area (Å²) in [5.74, 6) is 2.26. The zero-order valence-corrected chi connectivity index (χ0v) is 15.9. The minimum absolute atomic E-state index is 0.181. The number of aliphatic imine (C=N–C) groups is 1. The van der Waals surface area contributed by atoms with E-state index in [2.05, 4.69) is 33.7 Å². The monoisotopic (exact) mass is 343 g/mol. The maximum Gasteiger partial charge on any atom is 0.236 e. The molecule has 1 heterocycles. The molecule has 0 bridgehead atoms. The molecule has 6 nitrogen and oxygen atoms in total. The van der Waals surface area contributed by atoms with Gasteiger partial charge in [-0.05, 0) is 38.2 Å². The molecule has 1 rings (SSSR count). The van der Waals surface area contributed by atoms with Gasteiger partial charge in [-0.15, -0.1) is 0 Å². The molecule has 2 N–H and O–H groups in total. The van der Waals surface area contributed by atoms with Crippen LogP contribution in [0.1, 0.15) is 26.2 Å². The van der Waals surface area contributed by atoms with E-state index in [4.69, 9.17) is 0 Å². The molecule has 1 aliphatic rings. The van der Waals surface area contributed by atoms with Crippen LogP contribution in [0.4, 0.5) is 0 Å². The van der Waals surface area contributed by atoms with E-state index < -0.39 is 0 Å². The number of likely N-dealkylation sites (N-methyl/N-ethyl adjacent to an activating group) is 1. The first-order chi connectivity index (χ1) is 11.1. The number of guanidine groups is 1. The third-order valence-electron chi connectivity index (χ3n) is 3.91. The Balaban J connectivity index is 2.35. The lowest BCUT2D eigenvalue weighted by atomic mass is 10.1. The van der Waals surface area contributed by atoms with E-state index in [0.29, 0.717) is 12.6 Å². The Morgan fingerprint density at radius 1 is 1.35 bits per heavy atom. The van der Waals surface area contributed by atoms with Crippen LogP contribution in [0.15, 0.2) is 4.99 Å². The van der Waals surface area contributed by atoms with Crippen LogP contribution in [-0.2, 0) is 4.79 Å². The zero-order chi connectivity index (χ0) is 17.1. The van der Waals surface area contributed by atoms with Crippen LogP contribution in [-0.4, -0.2) is 86.5 Å². The van der Waals surface area contributed by atoms with E-state index in [0.717, 1.165) is 57.2 Å². The number of carbonyl (C=O) groups excluding carboxylic acids is 1. The van der Waals surface area contributed by atoms with Crippen LogP contribution >= 0.6 is 11.8 Å². The maximum atomic E-state index is 11.8. The Hall–Kier alpha value is -0.950. The van der Waals surface area contributed by atoms with E-state index in [9.17, 15) is 4.79 Å². The molecule has 0 spiro atoms. The molecule has 0 unspecified atom stereocenters. The number of rotatable bonds is 8. The lowest BCUT2D eigenvalue weighted by Crippen LogP contribution is -2.50. The van der Waals surface area contributed by atoms with Gasteiger partial charge in [0.15, 0.2) is 5.96 Å². The minimum atomic E-state index is 0.181. The minimum Gasteiger partial charge on any atom is -0.357 e. The fourth-order valence-corrected chi connectivity index (χ4v) is 2.90. The standard InChI is InChI=1S/C16H33N5OS/c1-5-17-16(18-9-6-12-23-4)19-14-7-10-21(11-8-14)13-15(22)20(2)3/h14H,5-13H2,1-4H3,(H2,17,18,19). The number of piperidine rings is 1. The van der Waals surface area contributed by atoms with Crippen molar-refractivity contribution in [1.29, 1.82) is 0 Å². The van der Waals surface area contributed by atoms with Gasteiger partial charge in [-0.2, -0.15) is 11.8 Å². The summed E-state index contributed by atoms with van der Waals surface area (Å²) in [6.45, 7) is 6.29. The summed E-state index contributed by atoms with van der Waals surface area (Å²) in [5, 5.41) is 6.86. The van der Waals surface area contributed by atoms with Crippen molar-refractivity contribution >= 4 is 23.6 Å². The second-order valence-electron chi connectivity index (χ2n) is 6.09. The average Bonchev–Trinajstić information content (AvgIpc) is 2.53. The topological polar surface area (TPSA) is 60.0 Å². The fourth-order valence-electron chi connectivity index (χ4n) is 2.48. The van der Waals surface area contributed by atoms with Gasteiger partial charge in [0.25, 0.3) is 0 Å². The van der Waals surface area contributed by atoms with Gasteiger partial charge < -0.3 is 15.5 Å². The van der Waals surface area contributed by atoms with Crippen molar-refractivity contribution in [2.45, 2.75) is 32.2 Å². The average molecular weight is 344 g/mol. The molecule has 7 heteroatoms. The third-order valence-corrected chi connectivity index (χ3v) is 4.60. The highest BCUT2D eigenvalue weighted by molar-refractivity contribution is 7.98. The molecule has 23 heavy (non-hydrogen) atoms. The van der Waals surface area contributed by atoms with Crippen molar-refractivity contribution in [1.82, 2.24) is 20.4 Å². The molecule has 0 aromatic rings. The molecule has 1 fully saturated rings. The molecule has 0 radical (unpaired) electrons. The SMILES string of the molecule is CCNC(=NCCCSC)NC1CCN(CC(=O)N(C)C)CC1. The summed E-state index contributed by atoms with van der Waals surface area (Å²) >= 11 is 1.86. The van der Waals surface area contributed by atoms with Crippen LogP contribution in [0.2, 0.25) is 0 Å². The molecular formula is C16H33N5OS. The molecule has 0 aromatic carbocycles. The molecule has 1 aliphatic heterocycles. The van der Waals surface area contributed by atoms with Gasteiger partial charge >= 0.3 is 0 Å².